The fourth-order valence-electron chi connectivity index (χ4n) is 4.60. The normalized spacial score (nSPS) is 29.5. The molecule has 1 heterocycles. The second-order valence-corrected chi connectivity index (χ2v) is 8.46. The van der Waals surface area contributed by atoms with Crippen molar-refractivity contribution >= 4 is 0 Å². The fraction of sp³-hybridized carbons (Fsp3) is 0.739. The second kappa shape index (κ2) is 9.21. The van der Waals surface area contributed by atoms with Crippen LogP contribution in [0.4, 0.5) is 4.39 Å². The molecule has 1 aliphatic carbocycles. The van der Waals surface area contributed by atoms with Gasteiger partial charge in [-0.1, -0.05) is 39.2 Å². The maximum absolute atomic E-state index is 14.7. The van der Waals surface area contributed by atoms with Crippen molar-refractivity contribution in [3.63, 3.8) is 0 Å². The molecule has 1 saturated heterocycles. The Balaban J connectivity index is 1.58. The highest BCUT2D eigenvalue weighted by atomic mass is 19.1. The van der Waals surface area contributed by atoms with Crippen molar-refractivity contribution in [2.45, 2.75) is 84.2 Å². The zero-order valence-electron chi connectivity index (χ0n) is 16.7. The highest BCUT2D eigenvalue weighted by Gasteiger charge is 2.32. The van der Waals surface area contributed by atoms with E-state index in [0.717, 1.165) is 55.3 Å². The SMILES string of the molecule is CCCCOc1ccc(C2CCC(C3CCC(C)CC3)OC2)c(C)c1F. The van der Waals surface area contributed by atoms with E-state index in [-0.39, 0.29) is 5.82 Å². The Morgan fingerprint density at radius 2 is 1.88 bits per heavy atom. The highest BCUT2D eigenvalue weighted by molar-refractivity contribution is 5.39. The van der Waals surface area contributed by atoms with Crippen molar-refractivity contribution in [1.29, 1.82) is 0 Å². The van der Waals surface area contributed by atoms with Crippen molar-refractivity contribution in [2.75, 3.05) is 13.2 Å². The molecule has 2 atom stereocenters. The van der Waals surface area contributed by atoms with Crippen molar-refractivity contribution in [2.24, 2.45) is 11.8 Å². The number of hydrogen-bond donors (Lipinski definition) is 0. The third-order valence-electron chi connectivity index (χ3n) is 6.49. The lowest BCUT2D eigenvalue weighted by Crippen LogP contribution is -2.33. The molecule has 0 bridgehead atoms. The first-order valence-electron chi connectivity index (χ1n) is 10.6. The summed E-state index contributed by atoms with van der Waals surface area (Å²) in [4.78, 5) is 0. The third-order valence-corrected chi connectivity index (χ3v) is 6.49. The summed E-state index contributed by atoms with van der Waals surface area (Å²) in [6, 6.07) is 3.86. The van der Waals surface area contributed by atoms with Crippen molar-refractivity contribution < 1.29 is 13.9 Å². The predicted molar refractivity (Wildman–Crippen MR) is 104 cm³/mol. The van der Waals surface area contributed by atoms with Crippen LogP contribution in [0.3, 0.4) is 0 Å². The molecule has 0 N–H and O–H groups in total. The maximum atomic E-state index is 14.7. The van der Waals surface area contributed by atoms with Crippen LogP contribution >= 0.6 is 0 Å². The average molecular weight is 363 g/mol. The largest absolute Gasteiger partial charge is 0.491 e. The average Bonchev–Trinajstić information content (AvgIpc) is 2.66. The summed E-state index contributed by atoms with van der Waals surface area (Å²) in [7, 11) is 0. The number of unbranched alkanes of at least 4 members (excludes halogenated alkanes) is 1. The molecule has 2 aliphatic rings. The van der Waals surface area contributed by atoms with E-state index in [1.54, 1.807) is 0 Å². The third kappa shape index (κ3) is 4.60. The molecule has 2 fully saturated rings. The van der Waals surface area contributed by atoms with Gasteiger partial charge in [0.15, 0.2) is 11.6 Å². The van der Waals surface area contributed by atoms with Gasteiger partial charge >= 0.3 is 0 Å². The molecule has 0 aromatic heterocycles. The van der Waals surface area contributed by atoms with Crippen LogP contribution in [0.2, 0.25) is 0 Å². The molecule has 146 valence electrons. The zero-order chi connectivity index (χ0) is 18.5. The smallest absolute Gasteiger partial charge is 0.168 e. The first kappa shape index (κ1) is 19.7. The highest BCUT2D eigenvalue weighted by Crippen LogP contribution is 2.39. The molecular formula is C23H35FO2. The lowest BCUT2D eigenvalue weighted by Gasteiger charge is -2.37. The molecule has 26 heavy (non-hydrogen) atoms. The minimum absolute atomic E-state index is 0.193. The lowest BCUT2D eigenvalue weighted by atomic mass is 9.77. The standard InChI is InChI=1S/C23H35FO2/c1-4-5-14-25-22-13-11-20(17(3)23(22)24)19-10-12-21(26-15-19)18-8-6-16(2)7-9-18/h11,13,16,18-19,21H,4-10,12,14-15H2,1-3H3. The number of ether oxygens (including phenoxy) is 2. The Morgan fingerprint density at radius 3 is 2.54 bits per heavy atom. The summed E-state index contributed by atoms with van der Waals surface area (Å²) in [5.74, 6) is 2.13. The van der Waals surface area contributed by atoms with Crippen molar-refractivity contribution in [3.8, 4) is 5.75 Å². The van der Waals surface area contributed by atoms with E-state index in [9.17, 15) is 4.39 Å². The van der Waals surface area contributed by atoms with Crippen LogP contribution in [0.5, 0.6) is 5.75 Å². The van der Waals surface area contributed by atoms with Gasteiger partial charge < -0.3 is 9.47 Å². The van der Waals surface area contributed by atoms with Gasteiger partial charge in [-0.05, 0) is 68.1 Å². The van der Waals surface area contributed by atoms with Gasteiger partial charge in [-0.15, -0.1) is 0 Å². The zero-order valence-corrected chi connectivity index (χ0v) is 16.7. The van der Waals surface area contributed by atoms with E-state index in [0.29, 0.717) is 24.4 Å². The second-order valence-electron chi connectivity index (χ2n) is 8.46. The van der Waals surface area contributed by atoms with E-state index in [1.165, 1.54) is 25.7 Å². The molecule has 2 unspecified atom stereocenters. The number of halogens is 1. The Hall–Kier alpha value is -1.09. The van der Waals surface area contributed by atoms with E-state index >= 15 is 0 Å². The summed E-state index contributed by atoms with van der Waals surface area (Å²) < 4.78 is 26.6. The monoisotopic (exact) mass is 362 g/mol. The Morgan fingerprint density at radius 1 is 1.12 bits per heavy atom. The first-order valence-corrected chi connectivity index (χ1v) is 10.6. The van der Waals surface area contributed by atoms with Crippen LogP contribution in [0.1, 0.15) is 82.3 Å². The van der Waals surface area contributed by atoms with Gasteiger partial charge in [0.1, 0.15) is 0 Å². The fourth-order valence-corrected chi connectivity index (χ4v) is 4.60. The summed E-state index contributed by atoms with van der Waals surface area (Å²) in [5.41, 5.74) is 1.83. The number of rotatable bonds is 6. The van der Waals surface area contributed by atoms with E-state index in [2.05, 4.69) is 19.9 Å². The summed E-state index contributed by atoms with van der Waals surface area (Å²) in [6.07, 6.45) is 9.96. The van der Waals surface area contributed by atoms with E-state index < -0.39 is 0 Å². The predicted octanol–water partition coefficient (Wildman–Crippen LogP) is 6.40. The molecular weight excluding hydrogens is 327 g/mol. The Kier molecular flexibility index (Phi) is 6.97. The molecule has 0 spiro atoms. The van der Waals surface area contributed by atoms with Gasteiger partial charge in [0.25, 0.3) is 0 Å². The maximum Gasteiger partial charge on any atom is 0.168 e. The molecule has 2 nitrogen and oxygen atoms in total. The van der Waals surface area contributed by atoms with Crippen molar-refractivity contribution in [1.82, 2.24) is 0 Å². The van der Waals surface area contributed by atoms with E-state index in [4.69, 9.17) is 9.47 Å². The van der Waals surface area contributed by atoms with Gasteiger partial charge in [0.2, 0.25) is 0 Å². The number of benzene rings is 1. The minimum atomic E-state index is -0.193. The van der Waals surface area contributed by atoms with Gasteiger partial charge in [0.05, 0.1) is 19.3 Å². The van der Waals surface area contributed by atoms with Gasteiger partial charge in [0, 0.05) is 5.92 Å². The molecule has 0 radical (unpaired) electrons. The van der Waals surface area contributed by atoms with Crippen LogP contribution in [-0.4, -0.2) is 19.3 Å². The van der Waals surface area contributed by atoms with Crippen LogP contribution in [0.15, 0.2) is 12.1 Å². The Labute approximate surface area is 158 Å². The number of hydrogen-bond acceptors (Lipinski definition) is 2. The molecule has 0 amide bonds. The molecule has 3 heteroatoms. The minimum Gasteiger partial charge on any atom is -0.491 e. The van der Waals surface area contributed by atoms with Crippen LogP contribution in [0, 0.1) is 24.6 Å². The molecule has 1 aromatic carbocycles. The molecule has 1 aromatic rings. The Bertz CT molecular complexity index is 570. The summed E-state index contributed by atoms with van der Waals surface area (Å²) in [6.45, 7) is 7.67. The van der Waals surface area contributed by atoms with Crippen LogP contribution < -0.4 is 4.74 Å². The first-order chi connectivity index (χ1) is 12.6. The summed E-state index contributed by atoms with van der Waals surface area (Å²) >= 11 is 0. The van der Waals surface area contributed by atoms with Gasteiger partial charge in [-0.25, -0.2) is 4.39 Å². The summed E-state index contributed by atoms with van der Waals surface area (Å²) in [5, 5.41) is 0. The van der Waals surface area contributed by atoms with Gasteiger partial charge in [-0.2, -0.15) is 0 Å². The topological polar surface area (TPSA) is 18.5 Å². The molecule has 1 saturated carbocycles. The molecule has 3 rings (SSSR count). The lowest BCUT2D eigenvalue weighted by molar-refractivity contribution is -0.0428. The quantitative estimate of drug-likeness (QED) is 0.545. The van der Waals surface area contributed by atoms with Crippen LogP contribution in [-0.2, 0) is 4.74 Å². The van der Waals surface area contributed by atoms with Crippen LogP contribution in [0.25, 0.3) is 0 Å². The van der Waals surface area contributed by atoms with E-state index in [1.807, 2.05) is 13.0 Å². The molecule has 1 aliphatic heterocycles. The van der Waals surface area contributed by atoms with Gasteiger partial charge in [-0.3, -0.25) is 0 Å². The van der Waals surface area contributed by atoms with Crippen molar-refractivity contribution in [3.05, 3.63) is 29.1 Å².